The number of anilines is 1. The van der Waals surface area contributed by atoms with Gasteiger partial charge in [-0.1, -0.05) is 35.2 Å². The Morgan fingerprint density at radius 1 is 0.865 bits per heavy atom. The van der Waals surface area contributed by atoms with E-state index in [4.69, 9.17) is 9.47 Å². The highest BCUT2D eigenvalue weighted by Crippen LogP contribution is 2.26. The summed E-state index contributed by atoms with van der Waals surface area (Å²) < 4.78 is 12.7. The molecule has 0 saturated carbocycles. The van der Waals surface area contributed by atoms with Gasteiger partial charge in [-0.15, -0.1) is 5.10 Å². The highest BCUT2D eigenvalue weighted by atomic mass is 32.2. The number of aromatic nitrogens is 5. The van der Waals surface area contributed by atoms with Crippen LogP contribution in [0.3, 0.4) is 0 Å². The molecule has 10 heteroatoms. The molecule has 0 bridgehead atoms. The van der Waals surface area contributed by atoms with Gasteiger partial charge in [-0.05, 0) is 66.7 Å². The predicted octanol–water partition coefficient (Wildman–Crippen LogP) is 5.40. The number of para-hydroxylation sites is 1. The van der Waals surface area contributed by atoms with Crippen molar-refractivity contribution in [2.24, 2.45) is 0 Å². The van der Waals surface area contributed by atoms with E-state index in [9.17, 15) is 4.79 Å². The fourth-order valence-corrected chi connectivity index (χ4v) is 4.25. The van der Waals surface area contributed by atoms with Gasteiger partial charge in [0.1, 0.15) is 17.2 Å². The second-order valence-corrected chi connectivity index (χ2v) is 8.65. The highest BCUT2D eigenvalue weighted by Gasteiger charge is 2.21. The van der Waals surface area contributed by atoms with Crippen molar-refractivity contribution < 1.29 is 14.3 Å². The van der Waals surface area contributed by atoms with Gasteiger partial charge in [-0.2, -0.15) is 0 Å². The monoisotopic (exact) mass is 510 g/mol. The number of ether oxygens (including phenoxy) is 2. The maximum absolute atomic E-state index is 13.2. The van der Waals surface area contributed by atoms with Crippen LogP contribution in [0.1, 0.15) is 16.2 Å². The van der Waals surface area contributed by atoms with Crippen LogP contribution in [0.15, 0.2) is 102 Å². The van der Waals surface area contributed by atoms with Crippen LogP contribution in [0.25, 0.3) is 5.69 Å². The lowest BCUT2D eigenvalue weighted by molar-refractivity contribution is 0.102. The number of hydrogen-bond acceptors (Lipinski definition) is 8. The van der Waals surface area contributed by atoms with Gasteiger partial charge in [0.2, 0.25) is 0 Å². The summed E-state index contributed by atoms with van der Waals surface area (Å²) in [7, 11) is 1.61. The smallest absolute Gasteiger partial charge is 0.278 e. The molecule has 0 fully saturated rings. The van der Waals surface area contributed by atoms with E-state index in [2.05, 4.69) is 25.6 Å². The van der Waals surface area contributed by atoms with Crippen molar-refractivity contribution >= 4 is 23.4 Å². The molecule has 2 heterocycles. The molecular weight excluding hydrogens is 488 g/mol. The average Bonchev–Trinajstić information content (AvgIpc) is 3.38. The van der Waals surface area contributed by atoms with Crippen molar-refractivity contribution in [3.63, 3.8) is 0 Å². The Morgan fingerprint density at radius 3 is 2.24 bits per heavy atom. The minimum Gasteiger partial charge on any atom is -0.497 e. The molecule has 37 heavy (non-hydrogen) atoms. The van der Waals surface area contributed by atoms with Crippen LogP contribution >= 0.6 is 11.8 Å². The number of amides is 1. The standard InChI is InChI=1S/C27H22N6O3S/c1-35-21-14-10-20(11-15-21)33-24(18-37-27-28-16-5-17-29-27)25(31-32-33)26(34)30-19-8-12-23(13-9-19)36-22-6-3-2-4-7-22/h2-17H,18H2,1H3,(H,30,34). The van der Waals surface area contributed by atoms with Gasteiger partial charge in [0.15, 0.2) is 10.9 Å². The molecule has 5 aromatic rings. The zero-order chi connectivity index (χ0) is 25.5. The third-order valence-electron chi connectivity index (χ3n) is 5.27. The van der Waals surface area contributed by atoms with E-state index >= 15 is 0 Å². The minimum atomic E-state index is -0.374. The second-order valence-electron chi connectivity index (χ2n) is 7.71. The lowest BCUT2D eigenvalue weighted by Crippen LogP contribution is -2.15. The maximum Gasteiger partial charge on any atom is 0.278 e. The number of methoxy groups -OCH3 is 1. The van der Waals surface area contributed by atoms with Gasteiger partial charge in [0, 0.05) is 23.8 Å². The minimum absolute atomic E-state index is 0.212. The number of hydrogen-bond donors (Lipinski definition) is 1. The summed E-state index contributed by atoms with van der Waals surface area (Å²) >= 11 is 1.39. The fraction of sp³-hybridized carbons (Fsp3) is 0.0741. The molecule has 0 spiro atoms. The first-order valence-electron chi connectivity index (χ1n) is 11.3. The Hall–Kier alpha value is -4.70. The molecule has 0 radical (unpaired) electrons. The normalized spacial score (nSPS) is 10.6. The predicted molar refractivity (Wildman–Crippen MR) is 140 cm³/mol. The zero-order valence-electron chi connectivity index (χ0n) is 19.8. The molecule has 9 nitrogen and oxygen atoms in total. The van der Waals surface area contributed by atoms with Gasteiger partial charge in [0.05, 0.1) is 18.5 Å². The summed E-state index contributed by atoms with van der Waals surface area (Å²) in [6, 6.07) is 25.7. The van der Waals surface area contributed by atoms with Gasteiger partial charge in [0.25, 0.3) is 5.91 Å². The van der Waals surface area contributed by atoms with E-state index in [-0.39, 0.29) is 11.6 Å². The van der Waals surface area contributed by atoms with Crippen molar-refractivity contribution in [1.82, 2.24) is 25.0 Å². The molecule has 0 aliphatic rings. The molecule has 1 N–H and O–H groups in total. The number of nitrogens with one attached hydrogen (secondary N) is 1. The van der Waals surface area contributed by atoms with E-state index < -0.39 is 0 Å². The van der Waals surface area contributed by atoms with Crippen LogP contribution in [0.5, 0.6) is 17.2 Å². The van der Waals surface area contributed by atoms with Crippen LogP contribution < -0.4 is 14.8 Å². The van der Waals surface area contributed by atoms with E-state index in [0.717, 1.165) is 17.2 Å². The molecule has 0 aliphatic heterocycles. The van der Waals surface area contributed by atoms with Gasteiger partial charge >= 0.3 is 0 Å². The SMILES string of the molecule is COc1ccc(-n2nnc(C(=O)Nc3ccc(Oc4ccccc4)cc3)c2CSc2ncccn2)cc1. The number of nitrogens with zero attached hydrogens (tertiary/aromatic N) is 5. The number of benzene rings is 3. The van der Waals surface area contributed by atoms with Crippen molar-refractivity contribution in [3.8, 4) is 22.9 Å². The van der Waals surface area contributed by atoms with Crippen LogP contribution in [0.4, 0.5) is 5.69 Å². The summed E-state index contributed by atoms with van der Waals surface area (Å²) in [6.45, 7) is 0. The largest absolute Gasteiger partial charge is 0.497 e. The van der Waals surface area contributed by atoms with Crippen LogP contribution in [0.2, 0.25) is 0 Å². The number of carbonyl (C=O) groups is 1. The highest BCUT2D eigenvalue weighted by molar-refractivity contribution is 7.98. The first-order chi connectivity index (χ1) is 18.2. The second kappa shape index (κ2) is 11.4. The van der Waals surface area contributed by atoms with Gasteiger partial charge < -0.3 is 14.8 Å². The Labute approximate surface area is 217 Å². The molecule has 3 aromatic carbocycles. The van der Waals surface area contributed by atoms with Crippen molar-refractivity contribution in [2.45, 2.75) is 10.9 Å². The summed E-state index contributed by atoms with van der Waals surface area (Å²) in [4.78, 5) is 21.8. The molecule has 0 atom stereocenters. The average molecular weight is 511 g/mol. The molecule has 2 aromatic heterocycles. The molecule has 184 valence electrons. The van der Waals surface area contributed by atoms with Crippen LogP contribution in [-0.2, 0) is 5.75 Å². The Kier molecular flexibility index (Phi) is 7.37. The Balaban J connectivity index is 1.36. The third-order valence-corrected chi connectivity index (χ3v) is 6.15. The topological polar surface area (TPSA) is 104 Å². The summed E-state index contributed by atoms with van der Waals surface area (Å²) in [5.41, 5.74) is 2.18. The Morgan fingerprint density at radius 2 is 1.54 bits per heavy atom. The van der Waals surface area contributed by atoms with Crippen LogP contribution in [0, 0.1) is 0 Å². The van der Waals surface area contributed by atoms with Crippen LogP contribution in [-0.4, -0.2) is 38.0 Å². The van der Waals surface area contributed by atoms with E-state index in [1.54, 1.807) is 54.5 Å². The summed E-state index contributed by atoms with van der Waals surface area (Å²) in [5.74, 6) is 2.13. The van der Waals surface area contributed by atoms with E-state index in [1.807, 2.05) is 54.6 Å². The van der Waals surface area contributed by atoms with Gasteiger partial charge in [-0.3, -0.25) is 4.79 Å². The summed E-state index contributed by atoms with van der Waals surface area (Å²) in [5, 5.41) is 12.0. The first kappa shape index (κ1) is 24.0. The van der Waals surface area contributed by atoms with Crippen molar-refractivity contribution in [2.75, 3.05) is 12.4 Å². The number of carbonyl (C=O) groups excluding carboxylic acids is 1. The molecule has 0 aliphatic carbocycles. The lowest BCUT2D eigenvalue weighted by atomic mass is 10.2. The third kappa shape index (κ3) is 5.93. The number of rotatable bonds is 9. The number of thioether (sulfide) groups is 1. The summed E-state index contributed by atoms with van der Waals surface area (Å²) in [6.07, 6.45) is 3.35. The lowest BCUT2D eigenvalue weighted by Gasteiger charge is -2.10. The molecule has 1 amide bonds. The first-order valence-corrected chi connectivity index (χ1v) is 12.3. The van der Waals surface area contributed by atoms with Gasteiger partial charge in [-0.25, -0.2) is 14.6 Å². The zero-order valence-corrected chi connectivity index (χ0v) is 20.6. The molecule has 0 saturated heterocycles. The molecular formula is C27H22N6O3S. The van der Waals surface area contributed by atoms with Crippen molar-refractivity contribution in [1.29, 1.82) is 0 Å². The Bertz CT molecular complexity index is 1460. The van der Waals surface area contributed by atoms with E-state index in [1.165, 1.54) is 11.8 Å². The maximum atomic E-state index is 13.2. The fourth-order valence-electron chi connectivity index (χ4n) is 3.45. The van der Waals surface area contributed by atoms with E-state index in [0.29, 0.717) is 28.0 Å². The quantitative estimate of drug-likeness (QED) is 0.208. The van der Waals surface area contributed by atoms with Crippen molar-refractivity contribution in [3.05, 3.63) is 109 Å². The molecule has 0 unspecified atom stereocenters. The molecule has 5 rings (SSSR count).